The summed E-state index contributed by atoms with van der Waals surface area (Å²) < 4.78 is 3.16. The van der Waals surface area contributed by atoms with Crippen LogP contribution in [-0.4, -0.2) is 25.8 Å². The molecule has 0 saturated heterocycles. The molecule has 0 radical (unpaired) electrons. The molecule has 2 unspecified atom stereocenters. The predicted octanol–water partition coefficient (Wildman–Crippen LogP) is 3.66. The van der Waals surface area contributed by atoms with Gasteiger partial charge >= 0.3 is 0 Å². The van der Waals surface area contributed by atoms with Gasteiger partial charge in [0.1, 0.15) is 5.82 Å². The first-order chi connectivity index (χ1) is 8.29. The summed E-state index contributed by atoms with van der Waals surface area (Å²) >= 11 is 7.50. The number of aromatic nitrogens is 3. The third-order valence-corrected chi connectivity index (χ3v) is 5.32. The Labute approximate surface area is 111 Å². The third kappa shape index (κ3) is 2.32. The molecule has 1 aromatic rings. The van der Waals surface area contributed by atoms with Gasteiger partial charge in [0, 0.05) is 17.2 Å². The van der Waals surface area contributed by atoms with Crippen LogP contribution in [0.1, 0.15) is 56.8 Å². The van der Waals surface area contributed by atoms with Gasteiger partial charge in [-0.3, -0.25) is 5.10 Å². The van der Waals surface area contributed by atoms with Crippen molar-refractivity contribution in [2.45, 2.75) is 56.2 Å². The SMILES string of the molecule is CCSC1CCC(n2c(C3CC3)n[nH]c2=S)C1. The number of hydrogen-bond acceptors (Lipinski definition) is 3. The molecule has 0 spiro atoms. The van der Waals surface area contributed by atoms with E-state index in [-0.39, 0.29) is 0 Å². The Morgan fingerprint density at radius 3 is 2.94 bits per heavy atom. The van der Waals surface area contributed by atoms with Crippen LogP contribution in [0.2, 0.25) is 0 Å². The normalized spacial score (nSPS) is 28.8. The van der Waals surface area contributed by atoms with Crippen LogP contribution < -0.4 is 0 Å². The highest BCUT2D eigenvalue weighted by Crippen LogP contribution is 2.43. The maximum atomic E-state index is 5.40. The molecule has 0 aliphatic heterocycles. The summed E-state index contributed by atoms with van der Waals surface area (Å²) in [6.45, 7) is 2.25. The van der Waals surface area contributed by atoms with Crippen molar-refractivity contribution < 1.29 is 0 Å². The predicted molar refractivity (Wildman–Crippen MR) is 74.2 cm³/mol. The smallest absolute Gasteiger partial charge is 0.195 e. The van der Waals surface area contributed by atoms with Crippen LogP contribution in [0.15, 0.2) is 0 Å². The average Bonchev–Trinajstić information content (AvgIpc) is 2.94. The number of H-pyrrole nitrogens is 1. The molecule has 2 saturated carbocycles. The van der Waals surface area contributed by atoms with Crippen molar-refractivity contribution in [2.24, 2.45) is 0 Å². The van der Waals surface area contributed by atoms with E-state index in [9.17, 15) is 0 Å². The van der Waals surface area contributed by atoms with E-state index in [4.69, 9.17) is 12.2 Å². The topological polar surface area (TPSA) is 33.6 Å². The molecule has 0 amide bonds. The van der Waals surface area contributed by atoms with Gasteiger partial charge in [-0.2, -0.15) is 16.9 Å². The fraction of sp³-hybridized carbons (Fsp3) is 0.833. The van der Waals surface area contributed by atoms with Gasteiger partial charge in [0.05, 0.1) is 0 Å². The first-order valence-corrected chi connectivity index (χ1v) is 8.03. The van der Waals surface area contributed by atoms with Gasteiger partial charge in [0.15, 0.2) is 4.77 Å². The minimum atomic E-state index is 0.598. The Morgan fingerprint density at radius 2 is 2.24 bits per heavy atom. The molecule has 3 rings (SSSR count). The Morgan fingerprint density at radius 1 is 1.41 bits per heavy atom. The van der Waals surface area contributed by atoms with Crippen molar-refractivity contribution in [3.63, 3.8) is 0 Å². The van der Waals surface area contributed by atoms with Gasteiger partial charge < -0.3 is 4.57 Å². The Balaban J connectivity index is 1.80. The van der Waals surface area contributed by atoms with Crippen LogP contribution in [0.25, 0.3) is 0 Å². The summed E-state index contributed by atoms with van der Waals surface area (Å²) in [7, 11) is 0. The van der Waals surface area contributed by atoms with Gasteiger partial charge in [-0.15, -0.1) is 0 Å². The lowest BCUT2D eigenvalue weighted by atomic mass is 10.2. The van der Waals surface area contributed by atoms with E-state index in [1.54, 1.807) is 0 Å². The summed E-state index contributed by atoms with van der Waals surface area (Å²) in [5.74, 6) is 3.13. The van der Waals surface area contributed by atoms with Gasteiger partial charge in [-0.1, -0.05) is 6.92 Å². The summed E-state index contributed by atoms with van der Waals surface area (Å²) in [5, 5.41) is 8.25. The Kier molecular flexibility index (Phi) is 3.30. The summed E-state index contributed by atoms with van der Waals surface area (Å²) in [4.78, 5) is 0. The first kappa shape index (κ1) is 11.8. The van der Waals surface area contributed by atoms with E-state index in [0.717, 1.165) is 10.0 Å². The molecular weight excluding hydrogens is 250 g/mol. The van der Waals surface area contributed by atoms with Crippen LogP contribution in [-0.2, 0) is 0 Å². The highest BCUT2D eigenvalue weighted by atomic mass is 32.2. The van der Waals surface area contributed by atoms with Crippen molar-refractivity contribution in [3.05, 3.63) is 10.6 Å². The van der Waals surface area contributed by atoms with Crippen molar-refractivity contribution >= 4 is 24.0 Å². The molecule has 5 heteroatoms. The molecule has 1 N–H and O–H groups in total. The van der Waals surface area contributed by atoms with E-state index in [1.165, 1.54) is 43.7 Å². The van der Waals surface area contributed by atoms with Gasteiger partial charge in [0.25, 0.3) is 0 Å². The zero-order chi connectivity index (χ0) is 11.8. The maximum absolute atomic E-state index is 5.40. The summed E-state index contributed by atoms with van der Waals surface area (Å²) in [6.07, 6.45) is 6.45. The zero-order valence-electron chi connectivity index (χ0n) is 10.2. The van der Waals surface area contributed by atoms with Crippen LogP contribution >= 0.6 is 24.0 Å². The zero-order valence-corrected chi connectivity index (χ0v) is 11.8. The van der Waals surface area contributed by atoms with Gasteiger partial charge in [-0.05, 0) is 50.1 Å². The molecule has 0 aromatic carbocycles. The first-order valence-electron chi connectivity index (χ1n) is 6.58. The number of nitrogens with one attached hydrogen (secondary N) is 1. The molecule has 3 nitrogen and oxygen atoms in total. The van der Waals surface area contributed by atoms with Gasteiger partial charge in [0.2, 0.25) is 0 Å². The summed E-state index contributed by atoms with van der Waals surface area (Å²) in [5.41, 5.74) is 0. The quantitative estimate of drug-likeness (QED) is 0.847. The highest BCUT2D eigenvalue weighted by Gasteiger charge is 2.34. The number of rotatable bonds is 4. The second kappa shape index (κ2) is 4.76. The van der Waals surface area contributed by atoms with Crippen LogP contribution in [0.4, 0.5) is 0 Å². The third-order valence-electron chi connectivity index (χ3n) is 3.80. The van der Waals surface area contributed by atoms with Crippen LogP contribution in [0, 0.1) is 4.77 Å². The van der Waals surface area contributed by atoms with Crippen molar-refractivity contribution in [2.75, 3.05) is 5.75 Å². The summed E-state index contributed by atoms with van der Waals surface area (Å²) in [6, 6.07) is 0.598. The fourth-order valence-electron chi connectivity index (χ4n) is 2.84. The monoisotopic (exact) mass is 269 g/mol. The largest absolute Gasteiger partial charge is 0.301 e. The Bertz CT molecular complexity index is 447. The Hall–Kier alpha value is -0.290. The number of nitrogens with zero attached hydrogens (tertiary/aromatic N) is 2. The number of aromatic amines is 1. The minimum absolute atomic E-state index is 0.598. The van der Waals surface area contributed by atoms with Crippen LogP contribution in [0.3, 0.4) is 0 Å². The van der Waals surface area contributed by atoms with E-state index in [2.05, 4.69) is 33.5 Å². The lowest BCUT2D eigenvalue weighted by Crippen LogP contribution is -2.10. The molecule has 17 heavy (non-hydrogen) atoms. The fourth-order valence-corrected chi connectivity index (χ4v) is 4.26. The minimum Gasteiger partial charge on any atom is -0.301 e. The molecule has 2 aliphatic rings. The molecule has 2 atom stereocenters. The molecule has 2 aliphatic carbocycles. The number of thioether (sulfide) groups is 1. The van der Waals surface area contributed by atoms with Crippen molar-refractivity contribution in [1.82, 2.24) is 14.8 Å². The van der Waals surface area contributed by atoms with Crippen molar-refractivity contribution in [3.8, 4) is 0 Å². The highest BCUT2D eigenvalue weighted by molar-refractivity contribution is 7.99. The molecule has 94 valence electrons. The lowest BCUT2D eigenvalue weighted by Gasteiger charge is -2.14. The molecular formula is C12H19N3S2. The van der Waals surface area contributed by atoms with E-state index in [1.807, 2.05) is 0 Å². The number of hydrogen-bond donors (Lipinski definition) is 1. The average molecular weight is 269 g/mol. The maximum Gasteiger partial charge on any atom is 0.195 e. The van der Waals surface area contributed by atoms with E-state index < -0.39 is 0 Å². The van der Waals surface area contributed by atoms with E-state index >= 15 is 0 Å². The molecule has 2 fully saturated rings. The van der Waals surface area contributed by atoms with Gasteiger partial charge in [-0.25, -0.2) is 0 Å². The van der Waals surface area contributed by atoms with Crippen molar-refractivity contribution in [1.29, 1.82) is 0 Å². The molecule has 1 aromatic heterocycles. The molecule has 0 bridgehead atoms. The lowest BCUT2D eigenvalue weighted by molar-refractivity contribution is 0.493. The second-order valence-corrected chi connectivity index (χ2v) is 7.04. The standard InChI is InChI=1S/C12H19N3S2/c1-2-17-10-6-5-9(7-10)15-11(8-3-4-8)13-14-12(15)16/h8-10H,2-7H2,1H3,(H,14,16). The second-order valence-electron chi connectivity index (χ2n) is 5.08. The van der Waals surface area contributed by atoms with Crippen LogP contribution in [0.5, 0.6) is 0 Å². The van der Waals surface area contributed by atoms with E-state index in [0.29, 0.717) is 12.0 Å². The molecule has 1 heterocycles.